The van der Waals surface area contributed by atoms with Crippen molar-refractivity contribution in [3.8, 4) is 0 Å². The Morgan fingerprint density at radius 3 is 2.65 bits per heavy atom. The summed E-state index contributed by atoms with van der Waals surface area (Å²) >= 11 is 0.937. The molecule has 2 heterocycles. The van der Waals surface area contributed by atoms with Crippen LogP contribution in [0.15, 0.2) is 23.1 Å². The summed E-state index contributed by atoms with van der Waals surface area (Å²) in [5.74, 6) is -0.630. The summed E-state index contributed by atoms with van der Waals surface area (Å²) in [6.45, 7) is 1.81. The van der Waals surface area contributed by atoms with Crippen LogP contribution in [0, 0.1) is 12.7 Å². The highest BCUT2D eigenvalue weighted by atomic mass is 32.2. The van der Waals surface area contributed by atoms with Gasteiger partial charge in [-0.15, -0.1) is 0 Å². The molecule has 3 rings (SSSR count). The molecule has 1 aromatic rings. The number of carbonyl (C=O) groups excluding carboxylic acids is 2. The van der Waals surface area contributed by atoms with E-state index in [1.54, 1.807) is 0 Å². The van der Waals surface area contributed by atoms with E-state index in [0.717, 1.165) is 22.7 Å². The number of rotatable bonds is 3. The molecule has 2 aliphatic heterocycles. The minimum Gasteiger partial charge on any atom is -0.273 e. The van der Waals surface area contributed by atoms with Crippen LogP contribution in [-0.4, -0.2) is 53.7 Å². The third-order valence-corrected chi connectivity index (χ3v) is 6.74. The summed E-state index contributed by atoms with van der Waals surface area (Å²) in [4.78, 5) is 24.7. The van der Waals surface area contributed by atoms with Crippen LogP contribution in [-0.2, 0) is 14.8 Å². The summed E-state index contributed by atoms with van der Waals surface area (Å²) in [5.41, 5.74) is 0.253. The Kier molecular flexibility index (Phi) is 4.19. The fourth-order valence-electron chi connectivity index (χ4n) is 2.78. The second-order valence-electron chi connectivity index (χ2n) is 5.53. The van der Waals surface area contributed by atoms with Crippen molar-refractivity contribution in [1.29, 1.82) is 0 Å². The Balaban J connectivity index is 1.81. The quantitative estimate of drug-likeness (QED) is 0.820. The molecule has 0 bridgehead atoms. The second kappa shape index (κ2) is 5.88. The largest absolute Gasteiger partial charge is 0.289 e. The van der Waals surface area contributed by atoms with Gasteiger partial charge in [-0.2, -0.15) is 4.31 Å². The number of sulfonamides is 1. The zero-order chi connectivity index (χ0) is 16.8. The topological polar surface area (TPSA) is 74.8 Å². The molecule has 124 valence electrons. The Hall–Kier alpha value is -1.45. The fourth-order valence-corrected chi connectivity index (χ4v) is 5.14. The van der Waals surface area contributed by atoms with Crippen molar-refractivity contribution in [2.75, 3.05) is 18.8 Å². The van der Waals surface area contributed by atoms with Crippen molar-refractivity contribution in [2.24, 2.45) is 0 Å². The molecule has 1 atom stereocenters. The van der Waals surface area contributed by atoms with Crippen LogP contribution in [0.5, 0.6) is 0 Å². The summed E-state index contributed by atoms with van der Waals surface area (Å²) in [6, 6.07) is 3.22. The molecular weight excluding hydrogens is 343 g/mol. The zero-order valence-electron chi connectivity index (χ0n) is 12.4. The first-order valence-corrected chi connectivity index (χ1v) is 9.48. The molecule has 9 heteroatoms. The van der Waals surface area contributed by atoms with Crippen LogP contribution in [0.25, 0.3) is 0 Å². The van der Waals surface area contributed by atoms with Gasteiger partial charge in [-0.1, -0.05) is 11.8 Å². The fraction of sp³-hybridized carbons (Fsp3) is 0.429. The van der Waals surface area contributed by atoms with Crippen LogP contribution in [0.4, 0.5) is 9.18 Å². The number of nitrogens with zero attached hydrogens (tertiary/aromatic N) is 2. The van der Waals surface area contributed by atoms with Gasteiger partial charge in [0, 0.05) is 13.1 Å². The molecule has 2 amide bonds. The smallest absolute Gasteiger partial charge is 0.273 e. The number of halogens is 1. The van der Waals surface area contributed by atoms with E-state index in [1.807, 2.05) is 0 Å². The molecular formula is C14H15FN2O4S2. The number of hydrogen-bond acceptors (Lipinski definition) is 5. The molecule has 1 unspecified atom stereocenters. The van der Waals surface area contributed by atoms with Crippen molar-refractivity contribution in [2.45, 2.75) is 24.3 Å². The van der Waals surface area contributed by atoms with Gasteiger partial charge in [0.1, 0.15) is 5.82 Å². The average molecular weight is 358 g/mol. The predicted molar refractivity (Wildman–Crippen MR) is 83.0 cm³/mol. The van der Waals surface area contributed by atoms with Crippen LogP contribution >= 0.6 is 11.8 Å². The SMILES string of the molecule is Cc1cc(S(=O)(=O)N2CCC(N3C(=O)CSC3=O)C2)ccc1F. The Bertz CT molecular complexity index is 765. The van der Waals surface area contributed by atoms with Crippen molar-refractivity contribution in [3.05, 3.63) is 29.6 Å². The van der Waals surface area contributed by atoms with Crippen LogP contribution in [0.1, 0.15) is 12.0 Å². The first kappa shape index (κ1) is 16.4. The number of carbonyl (C=O) groups is 2. The van der Waals surface area contributed by atoms with Gasteiger partial charge in [0.25, 0.3) is 5.24 Å². The average Bonchev–Trinajstić information content (AvgIpc) is 3.09. The van der Waals surface area contributed by atoms with E-state index in [9.17, 15) is 22.4 Å². The Morgan fingerprint density at radius 1 is 1.30 bits per heavy atom. The van der Waals surface area contributed by atoms with Gasteiger partial charge in [-0.3, -0.25) is 14.5 Å². The maximum absolute atomic E-state index is 13.3. The molecule has 0 aromatic heterocycles. The highest BCUT2D eigenvalue weighted by Gasteiger charge is 2.42. The van der Waals surface area contributed by atoms with E-state index >= 15 is 0 Å². The molecule has 0 spiro atoms. The van der Waals surface area contributed by atoms with Crippen molar-refractivity contribution < 1.29 is 22.4 Å². The summed E-state index contributed by atoms with van der Waals surface area (Å²) in [6.07, 6.45) is 0.414. The molecule has 6 nitrogen and oxygen atoms in total. The molecule has 1 aromatic carbocycles. The lowest BCUT2D eigenvalue weighted by molar-refractivity contribution is -0.126. The molecule has 23 heavy (non-hydrogen) atoms. The molecule has 2 aliphatic rings. The van der Waals surface area contributed by atoms with E-state index < -0.39 is 21.9 Å². The molecule has 0 radical (unpaired) electrons. The van der Waals surface area contributed by atoms with Crippen molar-refractivity contribution in [1.82, 2.24) is 9.21 Å². The lowest BCUT2D eigenvalue weighted by Gasteiger charge is -2.22. The maximum atomic E-state index is 13.3. The summed E-state index contributed by atoms with van der Waals surface area (Å²) in [5, 5.41) is -0.322. The van der Waals surface area contributed by atoms with Gasteiger partial charge in [-0.25, -0.2) is 12.8 Å². The zero-order valence-corrected chi connectivity index (χ0v) is 14.0. The highest BCUT2D eigenvalue weighted by molar-refractivity contribution is 8.14. The number of benzene rings is 1. The number of imide groups is 1. The van der Waals surface area contributed by atoms with Crippen LogP contribution in [0.2, 0.25) is 0 Å². The van der Waals surface area contributed by atoms with Gasteiger partial charge in [0.2, 0.25) is 15.9 Å². The first-order chi connectivity index (χ1) is 10.8. The molecule has 0 N–H and O–H groups in total. The minimum atomic E-state index is -3.76. The second-order valence-corrected chi connectivity index (χ2v) is 8.40. The van der Waals surface area contributed by atoms with Crippen molar-refractivity contribution in [3.63, 3.8) is 0 Å². The van der Waals surface area contributed by atoms with Gasteiger partial charge in [0.05, 0.1) is 16.7 Å². The summed E-state index contributed by atoms with van der Waals surface area (Å²) in [7, 11) is -3.76. The molecule has 2 fully saturated rings. The van der Waals surface area contributed by atoms with E-state index in [2.05, 4.69) is 0 Å². The van der Waals surface area contributed by atoms with Crippen LogP contribution < -0.4 is 0 Å². The maximum Gasteiger partial charge on any atom is 0.289 e. The van der Waals surface area contributed by atoms with Gasteiger partial charge in [-0.05, 0) is 37.1 Å². The monoisotopic (exact) mass is 358 g/mol. The number of amides is 2. The van der Waals surface area contributed by atoms with E-state index in [-0.39, 0.29) is 40.4 Å². The lowest BCUT2D eigenvalue weighted by Crippen LogP contribution is -2.41. The number of aryl methyl sites for hydroxylation is 1. The molecule has 0 saturated carbocycles. The van der Waals surface area contributed by atoms with E-state index in [0.29, 0.717) is 6.42 Å². The van der Waals surface area contributed by atoms with E-state index in [4.69, 9.17) is 0 Å². The number of thioether (sulfide) groups is 1. The first-order valence-electron chi connectivity index (χ1n) is 7.06. The third kappa shape index (κ3) is 2.88. The van der Waals surface area contributed by atoms with E-state index in [1.165, 1.54) is 23.4 Å². The lowest BCUT2D eigenvalue weighted by atomic mass is 10.2. The highest BCUT2D eigenvalue weighted by Crippen LogP contribution is 2.29. The third-order valence-electron chi connectivity index (χ3n) is 4.04. The Labute approximate surface area is 137 Å². The minimum absolute atomic E-state index is 0.0190. The van der Waals surface area contributed by atoms with Gasteiger partial charge in [0.15, 0.2) is 0 Å². The number of hydrogen-bond donors (Lipinski definition) is 0. The van der Waals surface area contributed by atoms with Crippen LogP contribution in [0.3, 0.4) is 0 Å². The normalized spacial score (nSPS) is 23.0. The standard InChI is InChI=1S/C14H15FN2O4S2/c1-9-6-11(2-3-12(9)15)23(20,21)16-5-4-10(7-16)17-13(18)8-22-14(17)19/h2-3,6,10H,4-5,7-8H2,1H3. The molecule has 2 saturated heterocycles. The predicted octanol–water partition coefficient (Wildman–Crippen LogP) is 1.59. The van der Waals surface area contributed by atoms with Gasteiger partial charge < -0.3 is 0 Å². The summed E-state index contributed by atoms with van der Waals surface area (Å²) < 4.78 is 39.8. The van der Waals surface area contributed by atoms with Crippen molar-refractivity contribution >= 4 is 32.9 Å². The Morgan fingerprint density at radius 2 is 2.04 bits per heavy atom. The molecule has 0 aliphatic carbocycles. The van der Waals surface area contributed by atoms with Gasteiger partial charge >= 0.3 is 0 Å².